The van der Waals surface area contributed by atoms with Crippen molar-refractivity contribution in [3.63, 3.8) is 0 Å². The number of benzene rings is 1. The molecular weight excluding hydrogens is 234 g/mol. The molecule has 1 fully saturated rings. The van der Waals surface area contributed by atoms with Crippen LogP contribution < -0.4 is 5.32 Å². The van der Waals surface area contributed by atoms with E-state index in [4.69, 9.17) is 4.74 Å². The molecule has 19 heavy (non-hydrogen) atoms. The van der Waals surface area contributed by atoms with Crippen LogP contribution in [0.3, 0.4) is 0 Å². The summed E-state index contributed by atoms with van der Waals surface area (Å²) in [5.41, 5.74) is 2.88. The van der Waals surface area contributed by atoms with Gasteiger partial charge in [-0.2, -0.15) is 0 Å². The topological polar surface area (TPSA) is 21.3 Å². The molecular formula is C17H27NO. The maximum absolute atomic E-state index is 5.56. The number of nitrogens with one attached hydrogen (secondary N) is 1. The minimum atomic E-state index is 0.444. The van der Waals surface area contributed by atoms with E-state index in [0.29, 0.717) is 17.9 Å². The van der Waals surface area contributed by atoms with Crippen LogP contribution in [-0.2, 0) is 11.2 Å². The van der Waals surface area contributed by atoms with E-state index in [0.717, 1.165) is 26.2 Å². The van der Waals surface area contributed by atoms with Crippen molar-refractivity contribution in [3.05, 3.63) is 35.4 Å². The van der Waals surface area contributed by atoms with Crippen LogP contribution in [0.5, 0.6) is 0 Å². The molecule has 0 bridgehead atoms. The van der Waals surface area contributed by atoms with Gasteiger partial charge in [-0.3, -0.25) is 0 Å². The van der Waals surface area contributed by atoms with E-state index in [2.05, 4.69) is 50.4 Å². The van der Waals surface area contributed by atoms with Crippen molar-refractivity contribution < 1.29 is 4.74 Å². The highest BCUT2D eigenvalue weighted by molar-refractivity contribution is 5.27. The zero-order valence-corrected chi connectivity index (χ0v) is 12.5. The predicted molar refractivity (Wildman–Crippen MR) is 80.3 cm³/mol. The summed E-state index contributed by atoms with van der Waals surface area (Å²) in [5, 5.41) is 3.64. The van der Waals surface area contributed by atoms with Gasteiger partial charge in [-0.05, 0) is 36.4 Å². The van der Waals surface area contributed by atoms with Crippen LogP contribution in [0.15, 0.2) is 24.3 Å². The Balaban J connectivity index is 2.15. The Morgan fingerprint density at radius 3 is 2.84 bits per heavy atom. The Hall–Kier alpha value is -0.860. The van der Waals surface area contributed by atoms with Gasteiger partial charge >= 0.3 is 0 Å². The lowest BCUT2D eigenvalue weighted by Gasteiger charge is -2.24. The zero-order chi connectivity index (χ0) is 13.7. The van der Waals surface area contributed by atoms with Crippen molar-refractivity contribution in [3.8, 4) is 0 Å². The first-order valence-corrected chi connectivity index (χ1v) is 7.60. The van der Waals surface area contributed by atoms with Crippen molar-refractivity contribution in [2.24, 2.45) is 11.8 Å². The molecule has 1 aliphatic rings. The number of hydrogen-bond donors (Lipinski definition) is 1. The summed E-state index contributed by atoms with van der Waals surface area (Å²) in [6, 6.07) is 9.53. The molecule has 0 saturated carbocycles. The lowest BCUT2D eigenvalue weighted by Crippen LogP contribution is -2.28. The van der Waals surface area contributed by atoms with Gasteiger partial charge in [0, 0.05) is 18.6 Å². The fourth-order valence-electron chi connectivity index (χ4n) is 2.98. The van der Waals surface area contributed by atoms with Crippen LogP contribution in [0.2, 0.25) is 0 Å². The predicted octanol–water partition coefficient (Wildman–Crippen LogP) is 3.57. The first-order valence-electron chi connectivity index (χ1n) is 7.60. The highest BCUT2D eigenvalue weighted by atomic mass is 16.5. The smallest absolute Gasteiger partial charge is 0.0513 e. The molecule has 0 amide bonds. The molecule has 2 nitrogen and oxygen atoms in total. The van der Waals surface area contributed by atoms with E-state index in [1.54, 1.807) is 0 Å². The third kappa shape index (κ3) is 4.05. The van der Waals surface area contributed by atoms with Crippen molar-refractivity contribution in [2.45, 2.75) is 39.7 Å². The fraction of sp³-hybridized carbons (Fsp3) is 0.647. The lowest BCUT2D eigenvalue weighted by molar-refractivity contribution is 0.177. The molecule has 1 N–H and O–H groups in total. The van der Waals surface area contributed by atoms with Gasteiger partial charge in [0.1, 0.15) is 0 Å². The minimum Gasteiger partial charge on any atom is -0.381 e. The molecule has 106 valence electrons. The van der Waals surface area contributed by atoms with Gasteiger partial charge in [-0.25, -0.2) is 0 Å². The Morgan fingerprint density at radius 2 is 2.21 bits per heavy atom. The molecule has 1 aromatic carbocycles. The summed E-state index contributed by atoms with van der Waals surface area (Å²) in [7, 11) is 0. The quantitative estimate of drug-likeness (QED) is 0.845. The standard InChI is InChI=1S/C17H27NO/c1-4-18-17(16-8-9-19-12-16)15-7-5-6-14(11-15)10-13(2)3/h5-7,11,13,16-18H,4,8-10,12H2,1-3H3. The number of ether oxygens (including phenoxy) is 1. The van der Waals surface area contributed by atoms with Crippen LogP contribution in [0.25, 0.3) is 0 Å². The highest BCUT2D eigenvalue weighted by Gasteiger charge is 2.26. The van der Waals surface area contributed by atoms with Crippen LogP contribution in [0.4, 0.5) is 0 Å². The monoisotopic (exact) mass is 261 g/mol. The molecule has 0 radical (unpaired) electrons. The molecule has 0 aliphatic carbocycles. The van der Waals surface area contributed by atoms with Crippen LogP contribution in [0.1, 0.15) is 44.4 Å². The Labute approximate surface area is 117 Å². The zero-order valence-electron chi connectivity index (χ0n) is 12.5. The molecule has 1 heterocycles. The average Bonchev–Trinajstić information content (AvgIpc) is 2.89. The fourth-order valence-corrected chi connectivity index (χ4v) is 2.98. The van der Waals surface area contributed by atoms with E-state index in [-0.39, 0.29) is 0 Å². The Bertz CT molecular complexity index is 383. The molecule has 2 unspecified atom stereocenters. The van der Waals surface area contributed by atoms with Crippen LogP contribution in [-0.4, -0.2) is 19.8 Å². The summed E-state index contributed by atoms with van der Waals surface area (Å²) in [5.74, 6) is 1.33. The number of hydrogen-bond acceptors (Lipinski definition) is 2. The van der Waals surface area contributed by atoms with Gasteiger partial charge in [-0.15, -0.1) is 0 Å². The SMILES string of the molecule is CCNC(c1cccc(CC(C)C)c1)C1CCOC1. The van der Waals surface area contributed by atoms with Crippen molar-refractivity contribution >= 4 is 0 Å². The maximum atomic E-state index is 5.56. The second-order valence-electron chi connectivity index (χ2n) is 6.00. The van der Waals surface area contributed by atoms with E-state index in [1.165, 1.54) is 17.5 Å². The third-order valence-electron chi connectivity index (χ3n) is 3.81. The van der Waals surface area contributed by atoms with Crippen molar-refractivity contribution in [2.75, 3.05) is 19.8 Å². The summed E-state index contributed by atoms with van der Waals surface area (Å²) >= 11 is 0. The van der Waals surface area contributed by atoms with Gasteiger partial charge in [0.15, 0.2) is 0 Å². The van der Waals surface area contributed by atoms with Gasteiger partial charge in [0.25, 0.3) is 0 Å². The minimum absolute atomic E-state index is 0.444. The summed E-state index contributed by atoms with van der Waals surface area (Å²) in [6.07, 6.45) is 2.33. The summed E-state index contributed by atoms with van der Waals surface area (Å²) in [6.45, 7) is 9.55. The maximum Gasteiger partial charge on any atom is 0.0513 e. The molecule has 2 rings (SSSR count). The first kappa shape index (κ1) is 14.5. The van der Waals surface area contributed by atoms with Crippen LogP contribution in [0, 0.1) is 11.8 Å². The second kappa shape index (κ2) is 7.06. The Kier molecular flexibility index (Phi) is 5.41. The molecule has 2 atom stereocenters. The highest BCUT2D eigenvalue weighted by Crippen LogP contribution is 2.29. The van der Waals surface area contributed by atoms with E-state index >= 15 is 0 Å². The van der Waals surface area contributed by atoms with Gasteiger partial charge in [0.05, 0.1) is 6.61 Å². The molecule has 0 aromatic heterocycles. The largest absolute Gasteiger partial charge is 0.381 e. The van der Waals surface area contributed by atoms with Crippen molar-refractivity contribution in [1.82, 2.24) is 5.32 Å². The van der Waals surface area contributed by atoms with Gasteiger partial charge in [-0.1, -0.05) is 45.0 Å². The molecule has 0 spiro atoms. The third-order valence-corrected chi connectivity index (χ3v) is 3.81. The molecule has 1 aliphatic heterocycles. The van der Waals surface area contributed by atoms with E-state index in [1.807, 2.05) is 0 Å². The second-order valence-corrected chi connectivity index (χ2v) is 6.00. The normalized spacial score (nSPS) is 20.9. The lowest BCUT2D eigenvalue weighted by atomic mass is 9.90. The van der Waals surface area contributed by atoms with Crippen molar-refractivity contribution in [1.29, 1.82) is 0 Å². The Morgan fingerprint density at radius 1 is 1.37 bits per heavy atom. The summed E-state index contributed by atoms with van der Waals surface area (Å²) < 4.78 is 5.56. The number of rotatable bonds is 6. The average molecular weight is 261 g/mol. The first-order chi connectivity index (χ1) is 9.20. The van der Waals surface area contributed by atoms with E-state index in [9.17, 15) is 0 Å². The van der Waals surface area contributed by atoms with Gasteiger partial charge < -0.3 is 10.1 Å². The van der Waals surface area contributed by atoms with Crippen LogP contribution >= 0.6 is 0 Å². The molecule has 1 aromatic rings. The van der Waals surface area contributed by atoms with E-state index < -0.39 is 0 Å². The molecule has 2 heteroatoms. The van der Waals surface area contributed by atoms with Gasteiger partial charge in [0.2, 0.25) is 0 Å². The summed E-state index contributed by atoms with van der Waals surface area (Å²) in [4.78, 5) is 0. The molecule has 1 saturated heterocycles.